The first-order valence-electron chi connectivity index (χ1n) is 21.9. The molecule has 1 aliphatic rings. The van der Waals surface area contributed by atoms with Crippen LogP contribution in [0.1, 0.15) is 85.8 Å². The molecular weight excluding hydrogens is 827 g/mol. The van der Waals surface area contributed by atoms with E-state index in [9.17, 15) is 48.6 Å². The third-order valence-electron chi connectivity index (χ3n) is 10.8. The molecule has 1 heterocycles. The summed E-state index contributed by atoms with van der Waals surface area (Å²) < 4.78 is 5.62. The van der Waals surface area contributed by atoms with Crippen molar-refractivity contribution < 1.29 is 53.3 Å². The van der Waals surface area contributed by atoms with E-state index in [2.05, 4.69) is 37.2 Å². The summed E-state index contributed by atoms with van der Waals surface area (Å²) in [5.74, 6) is -7.79. The number of aliphatic hydroxyl groups excluding tert-OH is 2. The number of carbonyl (C=O) groups is 8. The molecule has 0 aliphatic carbocycles. The highest BCUT2D eigenvalue weighted by molar-refractivity contribution is 5.98. The molecule has 0 spiro atoms. The van der Waals surface area contributed by atoms with Crippen LogP contribution in [0.5, 0.6) is 0 Å². The largest absolute Gasteiger partial charge is 0.458 e. The number of cyclic esters (lactones) is 1. The van der Waals surface area contributed by atoms with E-state index in [0.717, 1.165) is 0 Å². The Kier molecular flexibility index (Phi) is 20.8. The lowest BCUT2D eigenvalue weighted by Crippen LogP contribution is -2.62. The number of benzene rings is 2. The molecule has 0 saturated carbocycles. The maximum atomic E-state index is 14.5. The highest BCUT2D eigenvalue weighted by Crippen LogP contribution is 2.14. The number of carbonyl (C=O) groups excluding carboxylic acids is 8. The summed E-state index contributed by atoms with van der Waals surface area (Å²) >= 11 is 0. The van der Waals surface area contributed by atoms with Crippen LogP contribution < -0.4 is 37.2 Å². The molecule has 18 heteroatoms. The third-order valence-corrected chi connectivity index (χ3v) is 10.8. The van der Waals surface area contributed by atoms with E-state index < -0.39 is 114 Å². The average Bonchev–Trinajstić information content (AvgIpc) is 3.24. The molecule has 0 radical (unpaired) electrons. The first-order valence-corrected chi connectivity index (χ1v) is 21.9. The van der Waals surface area contributed by atoms with Crippen molar-refractivity contribution in [1.29, 1.82) is 0 Å². The predicted octanol–water partition coefficient (Wildman–Crippen LogP) is 0.322. The number of aliphatic hydroxyl groups is 2. The van der Waals surface area contributed by atoms with Crippen LogP contribution in [0.4, 0.5) is 0 Å². The molecule has 2 aromatic carbocycles. The second-order valence-electron chi connectivity index (χ2n) is 17.3. The van der Waals surface area contributed by atoms with Crippen LogP contribution in [-0.2, 0) is 55.9 Å². The van der Waals surface area contributed by atoms with Gasteiger partial charge in [0.1, 0.15) is 42.4 Å². The SMILES string of the molecule is CC[C@H](C)C(=O)N[C@H](Cc1ccccc1)C(=O)N[C@@H]1C(=O)N[C@H](CC(C)C)C(=O)N[C@H](Cc2ccccc2)C(=O)NC(CC(C)C)C(=O)N[C@@H]([C@@H](C)O)C(=O)NC(CO)C(=O)O[C@@H]1C. The van der Waals surface area contributed by atoms with Crippen molar-refractivity contribution in [2.45, 2.75) is 142 Å². The Bertz CT molecular complexity index is 1900. The van der Waals surface area contributed by atoms with E-state index in [-0.39, 0.29) is 37.5 Å². The third kappa shape index (κ3) is 16.3. The highest BCUT2D eigenvalue weighted by atomic mass is 16.5. The smallest absolute Gasteiger partial charge is 0.331 e. The van der Waals surface area contributed by atoms with Gasteiger partial charge < -0.3 is 52.2 Å². The number of hydrogen-bond donors (Lipinski definition) is 9. The van der Waals surface area contributed by atoms with Gasteiger partial charge in [0, 0.05) is 18.8 Å². The molecule has 64 heavy (non-hydrogen) atoms. The van der Waals surface area contributed by atoms with Gasteiger partial charge in [-0.3, -0.25) is 33.6 Å². The zero-order chi connectivity index (χ0) is 47.7. The summed E-state index contributed by atoms with van der Waals surface area (Å²) in [7, 11) is 0. The molecule has 7 amide bonds. The van der Waals surface area contributed by atoms with Crippen LogP contribution in [0.3, 0.4) is 0 Å². The minimum Gasteiger partial charge on any atom is -0.458 e. The predicted molar refractivity (Wildman–Crippen MR) is 236 cm³/mol. The minimum absolute atomic E-state index is 0.0121. The van der Waals surface area contributed by atoms with Gasteiger partial charge in [0.25, 0.3) is 0 Å². The number of ether oxygens (including phenoxy) is 1. The van der Waals surface area contributed by atoms with Gasteiger partial charge in [-0.05, 0) is 56.1 Å². The number of esters is 1. The van der Waals surface area contributed by atoms with E-state index in [1.807, 2.05) is 6.92 Å². The fraction of sp³-hybridized carbons (Fsp3) is 0.565. The summed E-state index contributed by atoms with van der Waals surface area (Å²) in [4.78, 5) is 111. The van der Waals surface area contributed by atoms with Crippen molar-refractivity contribution in [2.75, 3.05) is 6.61 Å². The first kappa shape index (κ1) is 52.5. The normalized spacial score (nSPS) is 24.5. The van der Waals surface area contributed by atoms with Crippen LogP contribution in [-0.4, -0.2) is 119 Å². The Morgan fingerprint density at radius 2 is 1.14 bits per heavy atom. The Morgan fingerprint density at radius 3 is 1.66 bits per heavy atom. The minimum atomic E-state index is -1.79. The van der Waals surface area contributed by atoms with Crippen molar-refractivity contribution in [2.24, 2.45) is 17.8 Å². The van der Waals surface area contributed by atoms with Gasteiger partial charge in [0.15, 0.2) is 6.04 Å². The Morgan fingerprint density at radius 1 is 0.656 bits per heavy atom. The van der Waals surface area contributed by atoms with Crippen molar-refractivity contribution >= 4 is 47.3 Å². The van der Waals surface area contributed by atoms with Crippen LogP contribution in [0.25, 0.3) is 0 Å². The molecular formula is C46H67N7O11. The zero-order valence-corrected chi connectivity index (χ0v) is 38.0. The average molecular weight is 894 g/mol. The van der Waals surface area contributed by atoms with Crippen molar-refractivity contribution in [3.05, 3.63) is 71.8 Å². The second kappa shape index (κ2) is 25.4. The van der Waals surface area contributed by atoms with E-state index in [0.29, 0.717) is 17.5 Å². The van der Waals surface area contributed by atoms with Gasteiger partial charge in [-0.25, -0.2) is 4.79 Å². The van der Waals surface area contributed by atoms with Crippen LogP contribution >= 0.6 is 0 Å². The maximum Gasteiger partial charge on any atom is 0.331 e. The number of rotatable bonds is 15. The molecule has 352 valence electrons. The topological polar surface area (TPSA) is 270 Å². The lowest BCUT2D eigenvalue weighted by molar-refractivity contribution is -0.157. The van der Waals surface area contributed by atoms with Crippen LogP contribution in [0.15, 0.2) is 60.7 Å². The van der Waals surface area contributed by atoms with Crippen LogP contribution in [0.2, 0.25) is 0 Å². The van der Waals surface area contributed by atoms with Gasteiger partial charge in [0.05, 0.1) is 12.7 Å². The lowest BCUT2D eigenvalue weighted by Gasteiger charge is -2.30. The highest BCUT2D eigenvalue weighted by Gasteiger charge is 2.39. The lowest BCUT2D eigenvalue weighted by atomic mass is 9.99. The monoisotopic (exact) mass is 893 g/mol. The molecule has 0 aromatic heterocycles. The summed E-state index contributed by atoms with van der Waals surface area (Å²) in [6.07, 6.45) is -2.51. The first-order chi connectivity index (χ1) is 30.2. The number of nitrogens with one attached hydrogen (secondary N) is 7. The van der Waals surface area contributed by atoms with Gasteiger partial charge in [-0.2, -0.15) is 0 Å². The molecule has 1 saturated heterocycles. The molecule has 2 unspecified atom stereocenters. The molecule has 9 N–H and O–H groups in total. The molecule has 1 aliphatic heterocycles. The second-order valence-corrected chi connectivity index (χ2v) is 17.3. The van der Waals surface area contributed by atoms with Crippen molar-refractivity contribution in [3.63, 3.8) is 0 Å². The van der Waals surface area contributed by atoms with Crippen LogP contribution in [0, 0.1) is 17.8 Å². The summed E-state index contributed by atoms with van der Waals surface area (Å²) in [5, 5.41) is 39.1. The Hall–Kier alpha value is -5.88. The van der Waals surface area contributed by atoms with Gasteiger partial charge in [0.2, 0.25) is 41.4 Å². The molecule has 3 rings (SSSR count). The summed E-state index contributed by atoms with van der Waals surface area (Å²) in [6.45, 7) is 12.2. The number of amides is 7. The van der Waals surface area contributed by atoms with Gasteiger partial charge in [-0.1, -0.05) is 102 Å². The number of hydrogen-bond acceptors (Lipinski definition) is 11. The zero-order valence-electron chi connectivity index (χ0n) is 38.0. The molecule has 0 bridgehead atoms. The van der Waals surface area contributed by atoms with E-state index >= 15 is 0 Å². The van der Waals surface area contributed by atoms with Gasteiger partial charge in [-0.15, -0.1) is 0 Å². The Balaban J connectivity index is 2.17. The Labute approximate surface area is 375 Å². The fourth-order valence-electron chi connectivity index (χ4n) is 6.91. The summed E-state index contributed by atoms with van der Waals surface area (Å²) in [5.41, 5.74) is 1.34. The van der Waals surface area contributed by atoms with Crippen molar-refractivity contribution in [3.8, 4) is 0 Å². The van der Waals surface area contributed by atoms with E-state index in [4.69, 9.17) is 4.74 Å². The van der Waals surface area contributed by atoms with E-state index in [1.54, 1.807) is 95.3 Å². The quantitative estimate of drug-likeness (QED) is 0.110. The molecule has 10 atom stereocenters. The summed E-state index contributed by atoms with van der Waals surface area (Å²) in [6, 6.07) is 7.26. The van der Waals surface area contributed by atoms with Crippen molar-refractivity contribution in [1.82, 2.24) is 37.2 Å². The maximum absolute atomic E-state index is 14.5. The van der Waals surface area contributed by atoms with E-state index in [1.165, 1.54) is 13.8 Å². The molecule has 1 fully saturated rings. The molecule has 2 aromatic rings. The fourth-order valence-corrected chi connectivity index (χ4v) is 6.91. The standard InChI is InChI=1S/C46H67N7O11/c1-9-27(6)39(56)47-35(23-31-18-14-11-15-19-31)43(60)53-38-29(8)64-46(63)36(24-54)51-44(61)37(28(7)55)52-42(59)33(21-26(4)5)48-41(58)34(22-30-16-12-10-13-17-30)49-40(57)32(20-25(2)3)50-45(38)62/h10-19,25-29,32-38,54-55H,9,20-24H2,1-8H3,(H,47,56)(H,48,58)(H,49,57)(H,50,62)(H,51,61)(H,52,59)(H,53,60)/t27-,28+,29+,32+,33?,34+,35+,36?,37-,38-/m0/s1. The van der Waals surface area contributed by atoms with Gasteiger partial charge >= 0.3 is 5.97 Å². The molecule has 18 nitrogen and oxygen atoms in total.